The first-order valence-corrected chi connectivity index (χ1v) is 8.51. The van der Waals surface area contributed by atoms with Crippen molar-refractivity contribution in [3.05, 3.63) is 45.9 Å². The van der Waals surface area contributed by atoms with Gasteiger partial charge in [0, 0.05) is 28.5 Å². The van der Waals surface area contributed by atoms with Gasteiger partial charge in [-0.05, 0) is 41.6 Å². The summed E-state index contributed by atoms with van der Waals surface area (Å²) in [6, 6.07) is 6.63. The van der Waals surface area contributed by atoms with E-state index in [-0.39, 0.29) is 17.5 Å². The van der Waals surface area contributed by atoms with Gasteiger partial charge in [0.15, 0.2) is 0 Å². The van der Waals surface area contributed by atoms with Gasteiger partial charge < -0.3 is 10.6 Å². The molecule has 1 amide bonds. The van der Waals surface area contributed by atoms with E-state index in [0.717, 1.165) is 13.0 Å². The summed E-state index contributed by atoms with van der Waals surface area (Å²) in [5.74, 6) is -0.0695. The van der Waals surface area contributed by atoms with E-state index in [0.29, 0.717) is 17.1 Å². The Bertz CT molecular complexity index is 671. The second-order valence-electron chi connectivity index (χ2n) is 4.91. The molecule has 0 saturated heterocycles. The number of hydrogen-bond acceptors (Lipinski definition) is 4. The summed E-state index contributed by atoms with van der Waals surface area (Å²) in [7, 11) is 0. The fourth-order valence-corrected chi connectivity index (χ4v) is 4.04. The second kappa shape index (κ2) is 6.07. The summed E-state index contributed by atoms with van der Waals surface area (Å²) < 4.78 is 13.7. The zero-order valence-electron chi connectivity index (χ0n) is 11.3. The summed E-state index contributed by atoms with van der Waals surface area (Å²) in [5, 5.41) is 2.07. The molecule has 0 saturated carbocycles. The minimum absolute atomic E-state index is 0.0491. The fraction of sp³-hybridized carbons (Fsp3) is 0.267. The van der Waals surface area contributed by atoms with E-state index in [1.54, 1.807) is 23.5 Å². The molecule has 2 aromatic rings. The van der Waals surface area contributed by atoms with Crippen LogP contribution in [0.15, 0.2) is 34.5 Å². The zero-order valence-corrected chi connectivity index (χ0v) is 13.0. The minimum atomic E-state index is -0.369. The standard InChI is InChI=1S/C15H15FN2OS2/c16-12-7-11(17)1-2-14(12)21-9-15(19)18-5-3-13-10(8-18)4-6-20-13/h1-2,4,6-7H,3,5,8-9,17H2. The van der Waals surface area contributed by atoms with Crippen LogP contribution in [-0.2, 0) is 17.8 Å². The Kier molecular flexibility index (Phi) is 4.17. The number of nitrogen functional groups attached to an aromatic ring is 1. The normalized spacial score (nSPS) is 14.0. The highest BCUT2D eigenvalue weighted by Gasteiger charge is 2.21. The molecule has 0 radical (unpaired) electrons. The predicted molar refractivity (Wildman–Crippen MR) is 85.0 cm³/mol. The van der Waals surface area contributed by atoms with Gasteiger partial charge in [-0.25, -0.2) is 4.39 Å². The lowest BCUT2D eigenvalue weighted by Gasteiger charge is -2.27. The first-order chi connectivity index (χ1) is 10.1. The van der Waals surface area contributed by atoms with Crippen molar-refractivity contribution >= 4 is 34.7 Å². The molecule has 1 aliphatic rings. The Labute approximate surface area is 130 Å². The zero-order chi connectivity index (χ0) is 14.8. The van der Waals surface area contributed by atoms with E-state index >= 15 is 0 Å². The lowest BCUT2D eigenvalue weighted by Crippen LogP contribution is -2.36. The van der Waals surface area contributed by atoms with Gasteiger partial charge in [0.1, 0.15) is 5.82 Å². The molecule has 110 valence electrons. The number of amides is 1. The van der Waals surface area contributed by atoms with Crippen molar-refractivity contribution in [2.75, 3.05) is 18.0 Å². The highest BCUT2D eigenvalue weighted by molar-refractivity contribution is 8.00. The summed E-state index contributed by atoms with van der Waals surface area (Å²) in [4.78, 5) is 15.9. The van der Waals surface area contributed by atoms with Gasteiger partial charge in [0.2, 0.25) is 5.91 Å². The van der Waals surface area contributed by atoms with Crippen molar-refractivity contribution in [1.82, 2.24) is 4.90 Å². The summed E-state index contributed by atoms with van der Waals surface area (Å²) in [5.41, 5.74) is 7.14. The highest BCUT2D eigenvalue weighted by atomic mass is 32.2. The molecule has 1 aromatic heterocycles. The third-order valence-corrected chi connectivity index (χ3v) is 5.52. The number of rotatable bonds is 3. The van der Waals surface area contributed by atoms with E-state index in [9.17, 15) is 9.18 Å². The number of nitrogens with two attached hydrogens (primary N) is 1. The number of carbonyl (C=O) groups is 1. The molecule has 3 rings (SSSR count). The Morgan fingerprint density at radius 2 is 2.29 bits per heavy atom. The maximum absolute atomic E-state index is 13.7. The van der Waals surface area contributed by atoms with Crippen LogP contribution in [0.3, 0.4) is 0 Å². The summed E-state index contributed by atoms with van der Waals surface area (Å²) in [6.07, 6.45) is 0.916. The van der Waals surface area contributed by atoms with Crippen molar-refractivity contribution in [3.63, 3.8) is 0 Å². The molecule has 0 aliphatic carbocycles. The lowest BCUT2D eigenvalue weighted by atomic mass is 10.1. The lowest BCUT2D eigenvalue weighted by molar-refractivity contribution is -0.129. The van der Waals surface area contributed by atoms with Crippen LogP contribution in [0.1, 0.15) is 10.4 Å². The quantitative estimate of drug-likeness (QED) is 0.697. The van der Waals surface area contributed by atoms with Crippen LogP contribution in [0.5, 0.6) is 0 Å². The van der Waals surface area contributed by atoms with E-state index in [2.05, 4.69) is 11.4 Å². The SMILES string of the molecule is Nc1ccc(SCC(=O)N2CCc3sccc3C2)c(F)c1. The molecule has 0 spiro atoms. The maximum Gasteiger partial charge on any atom is 0.233 e. The molecule has 0 bridgehead atoms. The van der Waals surface area contributed by atoms with Crippen LogP contribution in [0.25, 0.3) is 0 Å². The first-order valence-electron chi connectivity index (χ1n) is 6.64. The number of thiophene rings is 1. The van der Waals surface area contributed by atoms with E-state index in [1.807, 2.05) is 4.90 Å². The second-order valence-corrected chi connectivity index (χ2v) is 6.93. The maximum atomic E-state index is 13.7. The van der Waals surface area contributed by atoms with Gasteiger partial charge in [0.25, 0.3) is 0 Å². The number of thioether (sulfide) groups is 1. The number of halogens is 1. The van der Waals surface area contributed by atoms with Gasteiger partial charge >= 0.3 is 0 Å². The predicted octanol–water partition coefficient (Wildman–Crippen LogP) is 3.15. The fourth-order valence-electron chi connectivity index (χ4n) is 2.33. The average molecular weight is 322 g/mol. The third-order valence-electron chi connectivity index (χ3n) is 3.47. The van der Waals surface area contributed by atoms with E-state index in [4.69, 9.17) is 5.73 Å². The molecule has 1 aliphatic heterocycles. The van der Waals surface area contributed by atoms with Crippen LogP contribution < -0.4 is 5.73 Å². The molecule has 0 fully saturated rings. The molecule has 0 unspecified atom stereocenters. The number of benzene rings is 1. The summed E-state index contributed by atoms with van der Waals surface area (Å²) in [6.45, 7) is 1.42. The molecule has 6 heteroatoms. The van der Waals surface area contributed by atoms with Gasteiger partial charge in [-0.2, -0.15) is 0 Å². The van der Waals surface area contributed by atoms with Crippen LogP contribution in [0.4, 0.5) is 10.1 Å². The van der Waals surface area contributed by atoms with E-state index < -0.39 is 0 Å². The molecule has 2 N–H and O–H groups in total. The first kappa shape index (κ1) is 14.4. The van der Waals surface area contributed by atoms with Crippen LogP contribution in [0, 0.1) is 5.82 Å². The van der Waals surface area contributed by atoms with E-state index in [1.165, 1.54) is 28.3 Å². The molecular weight excluding hydrogens is 307 g/mol. The smallest absolute Gasteiger partial charge is 0.233 e. The number of anilines is 1. The molecule has 3 nitrogen and oxygen atoms in total. The number of fused-ring (bicyclic) bond motifs is 1. The van der Waals surface area contributed by atoms with Crippen molar-refractivity contribution in [1.29, 1.82) is 0 Å². The summed E-state index contributed by atoms with van der Waals surface area (Å²) >= 11 is 2.97. The van der Waals surface area contributed by atoms with Gasteiger partial charge in [0.05, 0.1) is 5.75 Å². The minimum Gasteiger partial charge on any atom is -0.399 e. The molecule has 1 aromatic carbocycles. The highest BCUT2D eigenvalue weighted by Crippen LogP contribution is 2.27. The Morgan fingerprint density at radius 1 is 1.43 bits per heavy atom. The Morgan fingerprint density at radius 3 is 3.10 bits per heavy atom. The van der Waals surface area contributed by atoms with Crippen molar-refractivity contribution in [2.45, 2.75) is 17.9 Å². The number of hydrogen-bond donors (Lipinski definition) is 1. The van der Waals surface area contributed by atoms with Gasteiger partial charge in [-0.3, -0.25) is 4.79 Å². The average Bonchev–Trinajstić information content (AvgIpc) is 2.93. The number of carbonyl (C=O) groups excluding carboxylic acids is 1. The Balaban J connectivity index is 1.60. The topological polar surface area (TPSA) is 46.3 Å². The third kappa shape index (κ3) is 3.22. The van der Waals surface area contributed by atoms with Crippen molar-refractivity contribution in [3.8, 4) is 0 Å². The molecule has 0 atom stereocenters. The van der Waals surface area contributed by atoms with Crippen molar-refractivity contribution in [2.24, 2.45) is 0 Å². The molecule has 2 heterocycles. The van der Waals surface area contributed by atoms with Crippen molar-refractivity contribution < 1.29 is 9.18 Å². The van der Waals surface area contributed by atoms with Gasteiger partial charge in [-0.1, -0.05) is 0 Å². The Hall–Kier alpha value is -1.53. The van der Waals surface area contributed by atoms with Crippen LogP contribution >= 0.6 is 23.1 Å². The molecular formula is C15H15FN2OS2. The van der Waals surface area contributed by atoms with Crippen LogP contribution in [0.2, 0.25) is 0 Å². The monoisotopic (exact) mass is 322 g/mol. The largest absolute Gasteiger partial charge is 0.399 e. The number of nitrogens with zero attached hydrogens (tertiary/aromatic N) is 1. The van der Waals surface area contributed by atoms with Gasteiger partial charge in [-0.15, -0.1) is 23.1 Å². The molecule has 21 heavy (non-hydrogen) atoms. The van der Waals surface area contributed by atoms with Crippen LogP contribution in [-0.4, -0.2) is 23.1 Å².